The highest BCUT2D eigenvalue weighted by Crippen LogP contribution is 2.29. The fourth-order valence-corrected chi connectivity index (χ4v) is 4.29. The van der Waals surface area contributed by atoms with E-state index < -0.39 is 11.9 Å². The summed E-state index contributed by atoms with van der Waals surface area (Å²) in [5.74, 6) is -0.347. The van der Waals surface area contributed by atoms with Gasteiger partial charge in [0.1, 0.15) is 17.6 Å². The van der Waals surface area contributed by atoms with Gasteiger partial charge in [-0.1, -0.05) is 30.3 Å². The van der Waals surface area contributed by atoms with Crippen molar-refractivity contribution in [2.75, 3.05) is 23.9 Å². The molecule has 2 amide bonds. The van der Waals surface area contributed by atoms with E-state index in [0.29, 0.717) is 35.2 Å². The number of ether oxygens (including phenoxy) is 1. The molecular formula is C26H24FN3O3S. The fraction of sp³-hybridized carbons (Fsp3) is 0.192. The van der Waals surface area contributed by atoms with Gasteiger partial charge in [-0.05, 0) is 72.7 Å². The lowest BCUT2D eigenvalue weighted by molar-refractivity contribution is -0.124. The lowest BCUT2D eigenvalue weighted by atomic mass is 10.1. The van der Waals surface area contributed by atoms with Crippen LogP contribution in [0.25, 0.3) is 0 Å². The van der Waals surface area contributed by atoms with E-state index in [9.17, 15) is 14.0 Å². The summed E-state index contributed by atoms with van der Waals surface area (Å²) in [5.41, 5.74) is 2.18. The molecule has 0 spiro atoms. The molecule has 8 heteroatoms. The van der Waals surface area contributed by atoms with Gasteiger partial charge < -0.3 is 15.0 Å². The van der Waals surface area contributed by atoms with Crippen molar-refractivity contribution in [3.8, 4) is 5.75 Å². The van der Waals surface area contributed by atoms with Crippen molar-refractivity contribution in [3.05, 3.63) is 90.2 Å². The molecule has 0 unspecified atom stereocenters. The zero-order valence-corrected chi connectivity index (χ0v) is 19.4. The predicted octanol–water partition coefficient (Wildman–Crippen LogP) is 4.41. The van der Waals surface area contributed by atoms with Crippen molar-refractivity contribution in [1.82, 2.24) is 4.90 Å². The van der Waals surface area contributed by atoms with E-state index >= 15 is 0 Å². The van der Waals surface area contributed by atoms with Gasteiger partial charge in [-0.15, -0.1) is 0 Å². The molecule has 3 aromatic carbocycles. The minimum absolute atomic E-state index is 0.0855. The number of halogens is 1. The number of carbonyl (C=O) groups excluding carboxylic acids is 2. The van der Waals surface area contributed by atoms with Gasteiger partial charge in [0.2, 0.25) is 5.91 Å². The summed E-state index contributed by atoms with van der Waals surface area (Å²) in [5, 5.41) is 3.09. The first-order valence-corrected chi connectivity index (χ1v) is 11.2. The lowest BCUT2D eigenvalue weighted by Crippen LogP contribution is -2.39. The summed E-state index contributed by atoms with van der Waals surface area (Å²) in [6.45, 7) is 0.482. The Hall–Kier alpha value is -3.78. The average molecular weight is 478 g/mol. The Morgan fingerprint density at radius 3 is 2.35 bits per heavy atom. The van der Waals surface area contributed by atoms with E-state index in [1.165, 1.54) is 29.2 Å². The molecule has 1 fully saturated rings. The summed E-state index contributed by atoms with van der Waals surface area (Å²) >= 11 is 5.70. The molecule has 3 aromatic rings. The second-order valence-corrected chi connectivity index (χ2v) is 8.22. The lowest BCUT2D eigenvalue weighted by Gasteiger charge is -2.24. The zero-order valence-electron chi connectivity index (χ0n) is 18.6. The molecule has 1 aliphatic rings. The maximum Gasteiger partial charge on any atom is 0.256 e. The van der Waals surface area contributed by atoms with Gasteiger partial charge in [0.15, 0.2) is 5.11 Å². The number of carbonyl (C=O) groups is 2. The van der Waals surface area contributed by atoms with Crippen LogP contribution < -0.4 is 15.0 Å². The Bertz CT molecular complexity index is 1170. The quantitative estimate of drug-likeness (QED) is 0.487. The maximum atomic E-state index is 13.5. The average Bonchev–Trinajstić information content (AvgIpc) is 3.08. The fourth-order valence-electron chi connectivity index (χ4n) is 3.87. The summed E-state index contributed by atoms with van der Waals surface area (Å²) < 4.78 is 18.4. The summed E-state index contributed by atoms with van der Waals surface area (Å²) in [7, 11) is 1.57. The molecule has 1 aliphatic heterocycles. The number of anilines is 2. The van der Waals surface area contributed by atoms with Gasteiger partial charge in [0, 0.05) is 12.2 Å². The third-order valence-electron chi connectivity index (χ3n) is 5.64. The molecule has 0 aliphatic carbocycles. The van der Waals surface area contributed by atoms with E-state index in [1.54, 1.807) is 36.3 Å². The maximum absolute atomic E-state index is 13.5. The van der Waals surface area contributed by atoms with Crippen LogP contribution in [0.5, 0.6) is 5.75 Å². The van der Waals surface area contributed by atoms with Crippen molar-refractivity contribution in [2.24, 2.45) is 0 Å². The summed E-state index contributed by atoms with van der Waals surface area (Å²) in [4.78, 5) is 29.5. The zero-order chi connectivity index (χ0) is 24.1. The van der Waals surface area contributed by atoms with Gasteiger partial charge in [-0.3, -0.25) is 14.5 Å². The van der Waals surface area contributed by atoms with Crippen LogP contribution in [0.3, 0.4) is 0 Å². The molecule has 1 atom stereocenters. The smallest absolute Gasteiger partial charge is 0.256 e. The largest absolute Gasteiger partial charge is 0.497 e. The Morgan fingerprint density at radius 1 is 1.03 bits per heavy atom. The molecule has 0 aromatic heterocycles. The van der Waals surface area contributed by atoms with E-state index in [0.717, 1.165) is 5.56 Å². The number of hydrogen-bond acceptors (Lipinski definition) is 4. The normalized spacial score (nSPS) is 15.5. The van der Waals surface area contributed by atoms with Crippen LogP contribution in [0.2, 0.25) is 0 Å². The number of benzene rings is 3. The highest BCUT2D eigenvalue weighted by atomic mass is 32.1. The Morgan fingerprint density at radius 2 is 1.71 bits per heavy atom. The number of nitrogens with one attached hydrogen (secondary N) is 1. The van der Waals surface area contributed by atoms with Gasteiger partial charge in [0.25, 0.3) is 5.91 Å². The topological polar surface area (TPSA) is 61.9 Å². The standard InChI is InChI=1S/C26H24FN3O3S/c1-33-22-13-11-21(12-14-22)30-25(32)23(17-24(31)28-20-9-7-19(27)8-10-20)29(26(30)34)16-15-18-5-3-2-4-6-18/h2-14,23H,15-17H2,1H3,(H,28,31)/t23-/m1/s1. The highest BCUT2D eigenvalue weighted by Gasteiger charge is 2.43. The van der Waals surface area contributed by atoms with E-state index in [1.807, 2.05) is 30.3 Å². The van der Waals surface area contributed by atoms with Crippen LogP contribution >= 0.6 is 12.2 Å². The summed E-state index contributed by atoms with van der Waals surface area (Å²) in [6.07, 6.45) is 0.582. The highest BCUT2D eigenvalue weighted by molar-refractivity contribution is 7.80. The third-order valence-corrected chi connectivity index (χ3v) is 6.06. The molecule has 0 bridgehead atoms. The molecule has 1 heterocycles. The first kappa shape index (κ1) is 23.4. The molecular weight excluding hydrogens is 453 g/mol. The van der Waals surface area contributed by atoms with Crippen LogP contribution in [-0.4, -0.2) is 41.5 Å². The van der Waals surface area contributed by atoms with Crippen molar-refractivity contribution < 1.29 is 18.7 Å². The first-order valence-electron chi connectivity index (χ1n) is 10.8. The number of amides is 2. The van der Waals surface area contributed by atoms with Crippen molar-refractivity contribution in [3.63, 3.8) is 0 Å². The van der Waals surface area contributed by atoms with Crippen LogP contribution in [0.15, 0.2) is 78.9 Å². The van der Waals surface area contributed by atoms with Crippen LogP contribution in [0.1, 0.15) is 12.0 Å². The minimum atomic E-state index is -0.751. The second kappa shape index (κ2) is 10.4. The Kier molecular flexibility index (Phi) is 7.18. The molecule has 0 radical (unpaired) electrons. The monoisotopic (exact) mass is 477 g/mol. The van der Waals surface area contributed by atoms with Gasteiger partial charge in [-0.2, -0.15) is 0 Å². The number of nitrogens with zero attached hydrogens (tertiary/aromatic N) is 2. The Balaban J connectivity index is 1.55. The number of thiocarbonyl (C=S) groups is 1. The van der Waals surface area contributed by atoms with Crippen LogP contribution in [0, 0.1) is 5.82 Å². The molecule has 174 valence electrons. The van der Waals surface area contributed by atoms with Crippen molar-refractivity contribution in [1.29, 1.82) is 0 Å². The van der Waals surface area contributed by atoms with E-state index in [2.05, 4.69) is 5.32 Å². The molecule has 1 N–H and O–H groups in total. The number of hydrogen-bond donors (Lipinski definition) is 1. The molecule has 0 saturated carbocycles. The van der Waals surface area contributed by atoms with Gasteiger partial charge >= 0.3 is 0 Å². The number of methoxy groups -OCH3 is 1. The van der Waals surface area contributed by atoms with Crippen molar-refractivity contribution in [2.45, 2.75) is 18.9 Å². The second-order valence-electron chi connectivity index (χ2n) is 7.86. The minimum Gasteiger partial charge on any atom is -0.497 e. The molecule has 6 nitrogen and oxygen atoms in total. The number of rotatable bonds is 8. The van der Waals surface area contributed by atoms with Gasteiger partial charge in [-0.25, -0.2) is 4.39 Å². The van der Waals surface area contributed by atoms with E-state index in [4.69, 9.17) is 17.0 Å². The SMILES string of the molecule is COc1ccc(N2C(=O)[C@@H](CC(=O)Nc3ccc(F)cc3)N(CCc3ccccc3)C2=S)cc1. The third kappa shape index (κ3) is 5.23. The van der Waals surface area contributed by atoms with Crippen LogP contribution in [0.4, 0.5) is 15.8 Å². The molecule has 4 rings (SSSR count). The molecule has 1 saturated heterocycles. The van der Waals surface area contributed by atoms with Crippen LogP contribution in [-0.2, 0) is 16.0 Å². The molecule has 34 heavy (non-hydrogen) atoms. The Labute approximate surface area is 202 Å². The summed E-state index contributed by atoms with van der Waals surface area (Å²) in [6, 6.07) is 21.7. The first-order chi connectivity index (χ1) is 16.5. The van der Waals surface area contributed by atoms with Crippen molar-refractivity contribution >= 4 is 40.5 Å². The van der Waals surface area contributed by atoms with Gasteiger partial charge in [0.05, 0.1) is 19.2 Å². The van der Waals surface area contributed by atoms with E-state index in [-0.39, 0.29) is 18.2 Å². The predicted molar refractivity (Wildman–Crippen MR) is 133 cm³/mol.